The molecular formula is C22H25N3O3S. The predicted octanol–water partition coefficient (Wildman–Crippen LogP) is 3.86. The van der Waals surface area contributed by atoms with Crippen molar-refractivity contribution in [2.45, 2.75) is 32.7 Å². The maximum absolute atomic E-state index is 12.6. The average Bonchev–Trinajstić information content (AvgIpc) is 3.10. The summed E-state index contributed by atoms with van der Waals surface area (Å²) in [5.74, 6) is 1.89. The Bertz CT molecular complexity index is 1030. The highest BCUT2D eigenvalue weighted by Crippen LogP contribution is 2.40. The Hall–Kier alpha value is -2.67. The molecule has 1 aliphatic rings. The van der Waals surface area contributed by atoms with Crippen LogP contribution >= 0.6 is 11.3 Å². The van der Waals surface area contributed by atoms with Crippen LogP contribution in [0, 0.1) is 5.92 Å². The first-order chi connectivity index (χ1) is 14.0. The van der Waals surface area contributed by atoms with E-state index in [-0.39, 0.29) is 12.5 Å². The molecule has 1 aromatic carbocycles. The number of nitrogens with zero attached hydrogens (tertiary/aromatic N) is 3. The van der Waals surface area contributed by atoms with Gasteiger partial charge in [-0.3, -0.25) is 4.79 Å². The molecule has 29 heavy (non-hydrogen) atoms. The number of carbonyl (C=O) groups excluding carboxylic acids is 1. The van der Waals surface area contributed by atoms with Crippen LogP contribution in [-0.2, 0) is 24.2 Å². The minimum absolute atomic E-state index is 0.0480. The lowest BCUT2D eigenvalue weighted by atomic mass is 9.89. The number of ether oxygens (including phenoxy) is 2. The lowest BCUT2D eigenvalue weighted by Crippen LogP contribution is -2.31. The molecule has 0 aliphatic heterocycles. The number of methoxy groups -OCH3 is 1. The Kier molecular flexibility index (Phi) is 5.67. The number of hydrogen-bond acceptors (Lipinski definition) is 6. The number of hydrogen-bond donors (Lipinski definition) is 0. The van der Waals surface area contributed by atoms with Gasteiger partial charge in [-0.1, -0.05) is 19.1 Å². The molecule has 0 fully saturated rings. The second kappa shape index (κ2) is 8.37. The van der Waals surface area contributed by atoms with Gasteiger partial charge in [-0.25, -0.2) is 9.97 Å². The van der Waals surface area contributed by atoms with Crippen molar-refractivity contribution in [3.05, 3.63) is 46.6 Å². The minimum Gasteiger partial charge on any atom is -0.497 e. The van der Waals surface area contributed by atoms with E-state index >= 15 is 0 Å². The Labute approximate surface area is 174 Å². The highest BCUT2D eigenvalue weighted by atomic mass is 32.1. The highest BCUT2D eigenvalue weighted by molar-refractivity contribution is 7.18. The summed E-state index contributed by atoms with van der Waals surface area (Å²) in [5, 5.41) is 0.989. The lowest BCUT2D eigenvalue weighted by Gasteiger charge is -2.19. The van der Waals surface area contributed by atoms with Crippen LogP contribution in [0.15, 0.2) is 30.6 Å². The SMILES string of the molecule is COc1cccc(CN(C)C(=O)COc2ncnc3sc4c(c23)CCC(C)C4)c1. The van der Waals surface area contributed by atoms with Crippen molar-refractivity contribution in [1.82, 2.24) is 14.9 Å². The highest BCUT2D eigenvalue weighted by Gasteiger charge is 2.24. The number of benzene rings is 1. The number of carbonyl (C=O) groups is 1. The van der Waals surface area contributed by atoms with Crippen LogP contribution < -0.4 is 9.47 Å². The molecule has 3 aromatic rings. The molecule has 1 amide bonds. The first-order valence-corrected chi connectivity index (χ1v) is 10.6. The molecule has 0 N–H and O–H groups in total. The molecule has 1 aliphatic carbocycles. The number of aromatic nitrogens is 2. The van der Waals surface area contributed by atoms with E-state index in [0.717, 1.165) is 40.8 Å². The monoisotopic (exact) mass is 411 g/mol. The van der Waals surface area contributed by atoms with Crippen molar-refractivity contribution in [3.8, 4) is 11.6 Å². The zero-order chi connectivity index (χ0) is 20.4. The zero-order valence-corrected chi connectivity index (χ0v) is 17.8. The summed E-state index contributed by atoms with van der Waals surface area (Å²) in [6.45, 7) is 2.73. The molecule has 2 aromatic heterocycles. The van der Waals surface area contributed by atoms with Gasteiger partial charge < -0.3 is 14.4 Å². The van der Waals surface area contributed by atoms with Gasteiger partial charge in [0, 0.05) is 18.5 Å². The third kappa shape index (κ3) is 4.19. The van der Waals surface area contributed by atoms with E-state index in [1.54, 1.807) is 30.4 Å². The Morgan fingerprint density at radius 3 is 3.03 bits per heavy atom. The van der Waals surface area contributed by atoms with Gasteiger partial charge in [0.05, 0.1) is 12.5 Å². The van der Waals surface area contributed by atoms with Crippen molar-refractivity contribution in [2.24, 2.45) is 5.92 Å². The van der Waals surface area contributed by atoms with Gasteiger partial charge in [0.1, 0.15) is 16.9 Å². The summed E-state index contributed by atoms with van der Waals surface area (Å²) in [5.41, 5.74) is 2.31. The van der Waals surface area contributed by atoms with Crippen LogP contribution in [0.3, 0.4) is 0 Å². The number of aryl methyl sites for hydroxylation is 1. The van der Waals surface area contributed by atoms with E-state index in [4.69, 9.17) is 9.47 Å². The van der Waals surface area contributed by atoms with Gasteiger partial charge in [-0.15, -0.1) is 11.3 Å². The molecule has 0 saturated carbocycles. The number of amides is 1. The van der Waals surface area contributed by atoms with E-state index in [1.165, 1.54) is 16.8 Å². The van der Waals surface area contributed by atoms with Crippen molar-refractivity contribution < 1.29 is 14.3 Å². The Balaban J connectivity index is 1.46. The zero-order valence-electron chi connectivity index (χ0n) is 17.0. The summed E-state index contributed by atoms with van der Waals surface area (Å²) in [7, 11) is 3.41. The van der Waals surface area contributed by atoms with Gasteiger partial charge in [-0.05, 0) is 48.4 Å². The van der Waals surface area contributed by atoms with Gasteiger partial charge in [0.25, 0.3) is 5.91 Å². The van der Waals surface area contributed by atoms with Crippen LogP contribution in [0.1, 0.15) is 29.3 Å². The standard InChI is InChI=1S/C22H25N3O3S/c1-14-7-8-17-18(9-14)29-22-20(17)21(23-13-24-22)28-12-19(26)25(2)11-15-5-4-6-16(10-15)27-3/h4-6,10,13-14H,7-9,11-12H2,1-3H3. The molecule has 4 rings (SSSR count). The van der Waals surface area contributed by atoms with Crippen LogP contribution in [0.4, 0.5) is 0 Å². The van der Waals surface area contributed by atoms with Crippen molar-refractivity contribution >= 4 is 27.5 Å². The van der Waals surface area contributed by atoms with E-state index in [2.05, 4.69) is 16.9 Å². The van der Waals surface area contributed by atoms with Gasteiger partial charge in [0.15, 0.2) is 6.61 Å². The molecule has 152 valence electrons. The second-order valence-electron chi connectivity index (χ2n) is 7.60. The summed E-state index contributed by atoms with van der Waals surface area (Å²) in [6.07, 6.45) is 4.78. The van der Waals surface area contributed by atoms with Crippen molar-refractivity contribution in [3.63, 3.8) is 0 Å². The quantitative estimate of drug-likeness (QED) is 0.616. The normalized spacial score (nSPS) is 15.8. The van der Waals surface area contributed by atoms with Crippen LogP contribution in [0.2, 0.25) is 0 Å². The number of rotatable bonds is 6. The first kappa shape index (κ1) is 19.6. The van der Waals surface area contributed by atoms with Crippen LogP contribution in [0.5, 0.6) is 11.6 Å². The summed E-state index contributed by atoms with van der Waals surface area (Å²) in [4.78, 5) is 25.3. The smallest absolute Gasteiger partial charge is 0.260 e. The molecule has 6 nitrogen and oxygen atoms in total. The Morgan fingerprint density at radius 2 is 2.21 bits per heavy atom. The summed E-state index contributed by atoms with van der Waals surface area (Å²) >= 11 is 1.73. The first-order valence-electron chi connectivity index (χ1n) is 9.80. The van der Waals surface area contributed by atoms with E-state index < -0.39 is 0 Å². The molecule has 7 heteroatoms. The van der Waals surface area contributed by atoms with E-state index in [0.29, 0.717) is 18.3 Å². The number of fused-ring (bicyclic) bond motifs is 3. The fourth-order valence-electron chi connectivity index (χ4n) is 3.73. The molecule has 0 radical (unpaired) electrons. The summed E-state index contributed by atoms with van der Waals surface area (Å²) < 4.78 is 11.1. The maximum Gasteiger partial charge on any atom is 0.260 e. The number of likely N-dealkylation sites (N-methyl/N-ethyl adjacent to an activating group) is 1. The average molecular weight is 412 g/mol. The topological polar surface area (TPSA) is 64.5 Å². The van der Waals surface area contributed by atoms with Gasteiger partial charge in [-0.2, -0.15) is 0 Å². The van der Waals surface area contributed by atoms with Crippen LogP contribution in [0.25, 0.3) is 10.2 Å². The largest absolute Gasteiger partial charge is 0.497 e. The molecule has 1 unspecified atom stereocenters. The second-order valence-corrected chi connectivity index (χ2v) is 8.68. The van der Waals surface area contributed by atoms with E-state index in [9.17, 15) is 4.79 Å². The molecular weight excluding hydrogens is 386 g/mol. The molecule has 2 heterocycles. The fourth-order valence-corrected chi connectivity index (χ4v) is 5.07. The fraction of sp³-hybridized carbons (Fsp3) is 0.409. The molecule has 0 saturated heterocycles. The molecule has 1 atom stereocenters. The van der Waals surface area contributed by atoms with Crippen molar-refractivity contribution in [2.75, 3.05) is 20.8 Å². The third-order valence-electron chi connectivity index (χ3n) is 5.37. The van der Waals surface area contributed by atoms with Crippen molar-refractivity contribution in [1.29, 1.82) is 0 Å². The van der Waals surface area contributed by atoms with E-state index in [1.807, 2.05) is 24.3 Å². The Morgan fingerprint density at radius 1 is 1.34 bits per heavy atom. The third-order valence-corrected chi connectivity index (χ3v) is 6.53. The van der Waals surface area contributed by atoms with Gasteiger partial charge >= 0.3 is 0 Å². The van der Waals surface area contributed by atoms with Crippen LogP contribution in [-0.4, -0.2) is 41.5 Å². The lowest BCUT2D eigenvalue weighted by molar-refractivity contribution is -0.132. The maximum atomic E-state index is 12.6. The molecule has 0 bridgehead atoms. The van der Waals surface area contributed by atoms with Gasteiger partial charge in [0.2, 0.25) is 5.88 Å². The number of thiophene rings is 1. The summed E-state index contributed by atoms with van der Waals surface area (Å²) in [6, 6.07) is 7.70. The molecule has 0 spiro atoms. The predicted molar refractivity (Wildman–Crippen MR) is 114 cm³/mol. The minimum atomic E-state index is -0.0997.